The lowest BCUT2D eigenvalue weighted by Crippen LogP contribution is -2.03. The third kappa shape index (κ3) is 2.74. The number of aliphatic imine (C=N–C) groups is 1. The first-order valence-electron chi connectivity index (χ1n) is 2.96. The summed E-state index contributed by atoms with van der Waals surface area (Å²) in [6.45, 7) is 0. The zero-order chi connectivity index (χ0) is 9.41. The van der Waals surface area contributed by atoms with Gasteiger partial charge in [0.1, 0.15) is 5.55 Å². The number of hydrogen-bond acceptors (Lipinski definition) is 5. The average molecular weight is 209 g/mol. The van der Waals surface area contributed by atoms with Gasteiger partial charge in [0.15, 0.2) is 9.84 Å². The Kier molecular flexibility index (Phi) is 2.09. The van der Waals surface area contributed by atoms with Crippen molar-refractivity contribution in [2.75, 3.05) is 12.0 Å². The molecule has 0 bridgehead atoms. The molecular weight excluding hydrogens is 202 g/mol. The van der Waals surface area contributed by atoms with E-state index in [1.807, 2.05) is 0 Å². The van der Waals surface area contributed by atoms with E-state index >= 15 is 0 Å². The van der Waals surface area contributed by atoms with Gasteiger partial charge in [-0.1, -0.05) is 0 Å². The second kappa shape index (κ2) is 2.67. The Hall–Kier alpha value is -0.690. The van der Waals surface area contributed by atoms with E-state index in [1.54, 1.807) is 0 Å². The molecule has 0 amide bonds. The summed E-state index contributed by atoms with van der Waals surface area (Å²) in [5.41, 5.74) is 0.811. The van der Waals surface area contributed by atoms with Crippen molar-refractivity contribution in [3.8, 4) is 0 Å². The van der Waals surface area contributed by atoms with Crippen LogP contribution in [0.15, 0.2) is 16.1 Å². The third-order valence-electron chi connectivity index (χ3n) is 1.08. The fourth-order valence-electron chi connectivity index (χ4n) is 0.732. The summed E-state index contributed by atoms with van der Waals surface area (Å²) in [5.74, 6) is -0.331. The van der Waals surface area contributed by atoms with Gasteiger partial charge in [0.05, 0.1) is 16.9 Å². The molecule has 0 radical (unpaired) electrons. The standard InChI is InChI=1S/C5H7NO4S2/c1-11(7,8)2-5-3-12(9,10)4-6-5/h3-4H,2H2,1H3. The topological polar surface area (TPSA) is 80.6 Å². The predicted octanol–water partition coefficient (Wildman–Crippen LogP) is -0.671. The van der Waals surface area contributed by atoms with Crippen LogP contribution in [0.5, 0.6) is 0 Å². The van der Waals surface area contributed by atoms with Crippen molar-refractivity contribution < 1.29 is 16.8 Å². The van der Waals surface area contributed by atoms with Gasteiger partial charge in [0.25, 0.3) is 0 Å². The predicted molar refractivity (Wildman–Crippen MR) is 45.2 cm³/mol. The Labute approximate surface area is 70.6 Å². The lowest BCUT2D eigenvalue weighted by molar-refractivity contribution is 0.604. The Morgan fingerprint density at radius 3 is 2.42 bits per heavy atom. The highest BCUT2D eigenvalue weighted by Gasteiger charge is 2.16. The van der Waals surface area contributed by atoms with Gasteiger partial charge >= 0.3 is 0 Å². The molecule has 0 aromatic heterocycles. The molecule has 0 saturated heterocycles. The number of hydrogen-bond donors (Lipinski definition) is 0. The fourth-order valence-corrected chi connectivity index (χ4v) is 2.40. The van der Waals surface area contributed by atoms with Crippen LogP contribution in [0.4, 0.5) is 0 Å². The Morgan fingerprint density at radius 2 is 2.08 bits per heavy atom. The smallest absolute Gasteiger partial charge is 0.211 e. The molecule has 0 aromatic carbocycles. The van der Waals surface area contributed by atoms with Crippen LogP contribution in [-0.2, 0) is 19.7 Å². The fraction of sp³-hybridized carbons (Fsp3) is 0.400. The molecule has 0 spiro atoms. The van der Waals surface area contributed by atoms with Crippen molar-refractivity contribution in [3.05, 3.63) is 11.1 Å². The first-order valence-corrected chi connectivity index (χ1v) is 6.63. The van der Waals surface area contributed by atoms with E-state index in [1.165, 1.54) is 0 Å². The van der Waals surface area contributed by atoms with Crippen LogP contribution in [0.2, 0.25) is 0 Å². The van der Waals surface area contributed by atoms with Crippen molar-refractivity contribution in [1.29, 1.82) is 0 Å². The molecular formula is C5H7NO4S2. The molecule has 0 aliphatic carbocycles. The molecule has 0 fully saturated rings. The lowest BCUT2D eigenvalue weighted by Gasteiger charge is -1.92. The zero-order valence-corrected chi connectivity index (χ0v) is 7.89. The molecule has 12 heavy (non-hydrogen) atoms. The van der Waals surface area contributed by atoms with E-state index in [2.05, 4.69) is 4.99 Å². The van der Waals surface area contributed by atoms with Gasteiger partial charge in [-0.25, -0.2) is 21.8 Å². The van der Waals surface area contributed by atoms with Gasteiger partial charge < -0.3 is 0 Å². The van der Waals surface area contributed by atoms with Crippen LogP contribution in [-0.4, -0.2) is 34.4 Å². The molecule has 1 rings (SSSR count). The Bertz CT molecular complexity index is 440. The van der Waals surface area contributed by atoms with Crippen LogP contribution < -0.4 is 0 Å². The van der Waals surface area contributed by atoms with E-state index in [9.17, 15) is 16.8 Å². The maximum Gasteiger partial charge on any atom is 0.211 e. The molecule has 0 unspecified atom stereocenters. The monoisotopic (exact) mass is 209 g/mol. The van der Waals surface area contributed by atoms with Crippen molar-refractivity contribution in [2.45, 2.75) is 0 Å². The Balaban J connectivity index is 2.93. The second-order valence-electron chi connectivity index (χ2n) is 2.50. The summed E-state index contributed by atoms with van der Waals surface area (Å²) >= 11 is 0. The number of rotatable bonds is 2. The molecule has 1 aliphatic rings. The average Bonchev–Trinajstić information content (AvgIpc) is 2.05. The van der Waals surface area contributed by atoms with Gasteiger partial charge in [0.2, 0.25) is 9.84 Å². The summed E-state index contributed by atoms with van der Waals surface area (Å²) < 4.78 is 42.8. The van der Waals surface area contributed by atoms with Crippen LogP contribution in [0, 0.1) is 0 Å². The summed E-state index contributed by atoms with van der Waals surface area (Å²) in [6, 6.07) is 0. The Morgan fingerprint density at radius 1 is 1.50 bits per heavy atom. The lowest BCUT2D eigenvalue weighted by atomic mass is 10.6. The minimum absolute atomic E-state index is 0.0671. The molecule has 7 heteroatoms. The maximum absolute atomic E-state index is 10.7. The summed E-state index contributed by atoms with van der Waals surface area (Å²) in [6.07, 6.45) is 1.02. The highest BCUT2D eigenvalue weighted by Crippen LogP contribution is 2.10. The van der Waals surface area contributed by atoms with Gasteiger partial charge in [-0.3, -0.25) is 0 Å². The molecule has 5 nitrogen and oxygen atoms in total. The van der Waals surface area contributed by atoms with Crippen LogP contribution >= 0.6 is 0 Å². The minimum atomic E-state index is -3.39. The molecule has 68 valence electrons. The third-order valence-corrected chi connectivity index (χ3v) is 2.90. The molecule has 1 heterocycles. The summed E-state index contributed by atoms with van der Waals surface area (Å²) in [7, 11) is -6.59. The molecule has 0 aromatic rings. The SMILES string of the molecule is CS(=O)(=O)CC1=CS(=O)(=O)C=N1. The second-order valence-corrected chi connectivity index (χ2v) is 6.27. The summed E-state index contributed by atoms with van der Waals surface area (Å²) in [5, 5.41) is 0.855. The van der Waals surface area contributed by atoms with E-state index in [-0.39, 0.29) is 11.4 Å². The van der Waals surface area contributed by atoms with E-state index < -0.39 is 19.7 Å². The number of sulfone groups is 2. The largest absolute Gasteiger partial charge is 0.247 e. The molecule has 0 saturated carbocycles. The summed E-state index contributed by atoms with van der Waals surface area (Å²) in [4.78, 5) is 3.44. The van der Waals surface area contributed by atoms with Gasteiger partial charge in [-0.05, 0) is 0 Å². The molecule has 0 atom stereocenters. The normalized spacial score (nSPS) is 20.9. The highest BCUT2D eigenvalue weighted by molar-refractivity contribution is 8.07. The van der Waals surface area contributed by atoms with Crippen LogP contribution in [0.3, 0.4) is 0 Å². The molecule has 1 aliphatic heterocycles. The van der Waals surface area contributed by atoms with Crippen molar-refractivity contribution in [1.82, 2.24) is 0 Å². The van der Waals surface area contributed by atoms with E-state index in [4.69, 9.17) is 0 Å². The van der Waals surface area contributed by atoms with Gasteiger partial charge in [-0.2, -0.15) is 0 Å². The zero-order valence-electron chi connectivity index (χ0n) is 6.26. The van der Waals surface area contributed by atoms with Crippen molar-refractivity contribution in [3.63, 3.8) is 0 Å². The maximum atomic E-state index is 10.7. The highest BCUT2D eigenvalue weighted by atomic mass is 32.2. The van der Waals surface area contributed by atoms with Crippen molar-refractivity contribution >= 4 is 25.2 Å². The minimum Gasteiger partial charge on any atom is -0.247 e. The van der Waals surface area contributed by atoms with Gasteiger partial charge in [-0.15, -0.1) is 0 Å². The first kappa shape index (κ1) is 9.40. The first-order chi connectivity index (χ1) is 5.29. The quantitative estimate of drug-likeness (QED) is 0.604. The van der Waals surface area contributed by atoms with Crippen LogP contribution in [0.1, 0.15) is 0 Å². The van der Waals surface area contributed by atoms with Gasteiger partial charge in [0, 0.05) is 6.26 Å². The number of nitrogens with zero attached hydrogens (tertiary/aromatic N) is 1. The van der Waals surface area contributed by atoms with Crippen LogP contribution in [0.25, 0.3) is 0 Å². The van der Waals surface area contributed by atoms with E-state index in [0.717, 1.165) is 17.2 Å². The molecule has 0 N–H and O–H groups in total. The van der Waals surface area contributed by atoms with E-state index in [0.29, 0.717) is 0 Å². The van der Waals surface area contributed by atoms with Crippen molar-refractivity contribution in [2.24, 2.45) is 4.99 Å².